The van der Waals surface area contributed by atoms with E-state index in [1.165, 1.54) is 18.4 Å². The van der Waals surface area contributed by atoms with Crippen molar-refractivity contribution in [2.75, 3.05) is 31.1 Å². The van der Waals surface area contributed by atoms with E-state index in [1.807, 2.05) is 0 Å². The fourth-order valence-electron chi connectivity index (χ4n) is 3.83. The number of aliphatic imine (C=N–C) groups is 1. The largest absolute Gasteiger partial charge is 0.354 e. The zero-order valence-corrected chi connectivity index (χ0v) is 15.4. The molecular formula is C19H27N3O2S. The number of hydrogen-bond donors (Lipinski definition) is 1. The quantitative estimate of drug-likeness (QED) is 0.658. The lowest BCUT2D eigenvalue weighted by Gasteiger charge is -2.23. The molecule has 2 heterocycles. The summed E-state index contributed by atoms with van der Waals surface area (Å²) < 4.78 is 23.3. The molecule has 2 aliphatic heterocycles. The molecule has 136 valence electrons. The Morgan fingerprint density at radius 3 is 2.64 bits per heavy atom. The number of guanidine groups is 1. The van der Waals surface area contributed by atoms with Gasteiger partial charge in [0.25, 0.3) is 0 Å². The maximum Gasteiger partial charge on any atom is 0.194 e. The van der Waals surface area contributed by atoms with Gasteiger partial charge < -0.3 is 10.2 Å². The fourth-order valence-corrected chi connectivity index (χ4v) is 5.68. The van der Waals surface area contributed by atoms with E-state index in [-0.39, 0.29) is 5.92 Å². The van der Waals surface area contributed by atoms with E-state index in [0.717, 1.165) is 31.9 Å². The lowest BCUT2D eigenvalue weighted by molar-refractivity contribution is 0.478. The van der Waals surface area contributed by atoms with Gasteiger partial charge in [-0.05, 0) is 37.2 Å². The molecule has 0 amide bonds. The summed E-state index contributed by atoms with van der Waals surface area (Å²) in [4.78, 5) is 7.19. The summed E-state index contributed by atoms with van der Waals surface area (Å²) in [6, 6.07) is 11.3. The van der Waals surface area contributed by atoms with Crippen LogP contribution in [0.2, 0.25) is 0 Å². The molecular weight excluding hydrogens is 334 g/mol. The van der Waals surface area contributed by atoms with Gasteiger partial charge in [-0.1, -0.05) is 30.3 Å². The second kappa shape index (κ2) is 6.98. The zero-order valence-electron chi connectivity index (χ0n) is 14.6. The van der Waals surface area contributed by atoms with Gasteiger partial charge in [0.05, 0.1) is 11.5 Å². The van der Waals surface area contributed by atoms with E-state index in [2.05, 4.69) is 40.5 Å². The van der Waals surface area contributed by atoms with Crippen molar-refractivity contribution in [1.82, 2.24) is 10.2 Å². The van der Waals surface area contributed by atoms with E-state index in [4.69, 9.17) is 4.99 Å². The van der Waals surface area contributed by atoms with Gasteiger partial charge in [-0.15, -0.1) is 0 Å². The van der Waals surface area contributed by atoms with E-state index in [9.17, 15) is 8.42 Å². The topological polar surface area (TPSA) is 61.8 Å². The number of rotatable bonds is 4. The first-order valence-electron chi connectivity index (χ1n) is 9.40. The number of hydrogen-bond acceptors (Lipinski definition) is 3. The smallest absolute Gasteiger partial charge is 0.194 e. The molecule has 6 heteroatoms. The third kappa shape index (κ3) is 4.35. The average molecular weight is 362 g/mol. The number of nitrogens with zero attached hydrogens (tertiary/aromatic N) is 2. The van der Waals surface area contributed by atoms with Crippen LogP contribution >= 0.6 is 0 Å². The molecule has 1 N–H and O–H groups in total. The predicted molar refractivity (Wildman–Crippen MR) is 101 cm³/mol. The van der Waals surface area contributed by atoms with Crippen LogP contribution in [0.25, 0.3) is 0 Å². The molecule has 1 aromatic rings. The Labute approximate surface area is 150 Å². The molecule has 1 saturated carbocycles. The Bertz CT molecular complexity index is 728. The molecule has 3 fully saturated rings. The van der Waals surface area contributed by atoms with Gasteiger partial charge in [-0.2, -0.15) is 0 Å². The molecule has 4 rings (SSSR count). The number of sulfone groups is 1. The SMILES string of the molecule is O=S1(=O)CCC(CN=C(NC2CC2)N2CCC(c3ccccc3)C2)C1. The van der Waals surface area contributed by atoms with Crippen molar-refractivity contribution in [2.24, 2.45) is 10.9 Å². The first-order chi connectivity index (χ1) is 12.1. The molecule has 2 atom stereocenters. The summed E-state index contributed by atoms with van der Waals surface area (Å²) in [5.41, 5.74) is 1.40. The van der Waals surface area contributed by atoms with Crippen LogP contribution in [0, 0.1) is 5.92 Å². The molecule has 0 spiro atoms. The Hall–Kier alpha value is -1.56. The normalized spacial score (nSPS) is 29.1. The number of likely N-dealkylation sites (tertiary alicyclic amines) is 1. The van der Waals surface area contributed by atoms with E-state index in [0.29, 0.717) is 30.0 Å². The zero-order chi connectivity index (χ0) is 17.3. The van der Waals surface area contributed by atoms with Crippen LogP contribution in [0.4, 0.5) is 0 Å². The van der Waals surface area contributed by atoms with Crippen molar-refractivity contribution in [1.29, 1.82) is 0 Å². The molecule has 1 aliphatic carbocycles. The monoisotopic (exact) mass is 361 g/mol. The number of benzene rings is 1. The highest BCUT2D eigenvalue weighted by molar-refractivity contribution is 7.91. The third-order valence-electron chi connectivity index (χ3n) is 5.50. The van der Waals surface area contributed by atoms with Gasteiger partial charge in [0.15, 0.2) is 15.8 Å². The molecule has 2 unspecified atom stereocenters. The lowest BCUT2D eigenvalue weighted by atomic mass is 9.99. The second-order valence-electron chi connectivity index (χ2n) is 7.69. The van der Waals surface area contributed by atoms with Gasteiger partial charge in [0.1, 0.15) is 0 Å². The first kappa shape index (κ1) is 16.9. The van der Waals surface area contributed by atoms with Gasteiger partial charge in [-0.25, -0.2) is 8.42 Å². The van der Waals surface area contributed by atoms with Crippen molar-refractivity contribution in [3.8, 4) is 0 Å². The maximum absolute atomic E-state index is 11.7. The summed E-state index contributed by atoms with van der Waals surface area (Å²) in [5.74, 6) is 2.37. The molecule has 2 saturated heterocycles. The van der Waals surface area contributed by atoms with Gasteiger partial charge in [0, 0.05) is 31.6 Å². The van der Waals surface area contributed by atoms with E-state index < -0.39 is 9.84 Å². The van der Waals surface area contributed by atoms with Crippen molar-refractivity contribution in [2.45, 2.75) is 37.6 Å². The van der Waals surface area contributed by atoms with Gasteiger partial charge in [0.2, 0.25) is 0 Å². The minimum absolute atomic E-state index is 0.188. The van der Waals surface area contributed by atoms with Crippen molar-refractivity contribution in [3.05, 3.63) is 35.9 Å². The summed E-state index contributed by atoms with van der Waals surface area (Å²) in [6.45, 7) is 2.63. The van der Waals surface area contributed by atoms with Crippen LogP contribution < -0.4 is 5.32 Å². The molecule has 0 radical (unpaired) electrons. The fraction of sp³-hybridized carbons (Fsp3) is 0.632. The molecule has 0 aromatic heterocycles. The van der Waals surface area contributed by atoms with Crippen molar-refractivity contribution < 1.29 is 8.42 Å². The van der Waals surface area contributed by atoms with Crippen molar-refractivity contribution in [3.63, 3.8) is 0 Å². The standard InChI is InChI=1S/C19H27N3O2S/c23-25(24)11-9-15(14-25)12-20-19(21-18-6-7-18)22-10-8-17(13-22)16-4-2-1-3-5-16/h1-5,15,17-18H,6-14H2,(H,20,21). The highest BCUT2D eigenvalue weighted by Crippen LogP contribution is 2.28. The van der Waals surface area contributed by atoms with Crippen LogP contribution in [0.5, 0.6) is 0 Å². The molecule has 25 heavy (non-hydrogen) atoms. The molecule has 5 nitrogen and oxygen atoms in total. The van der Waals surface area contributed by atoms with Crippen LogP contribution in [0.1, 0.15) is 37.2 Å². The molecule has 0 bridgehead atoms. The minimum atomic E-state index is -2.82. The summed E-state index contributed by atoms with van der Waals surface area (Å²) in [7, 11) is -2.82. The van der Waals surface area contributed by atoms with E-state index >= 15 is 0 Å². The van der Waals surface area contributed by atoms with Crippen molar-refractivity contribution >= 4 is 15.8 Å². The lowest BCUT2D eigenvalue weighted by Crippen LogP contribution is -2.41. The Morgan fingerprint density at radius 2 is 1.96 bits per heavy atom. The Morgan fingerprint density at radius 1 is 1.16 bits per heavy atom. The Balaban J connectivity index is 1.41. The summed E-state index contributed by atoms with van der Waals surface area (Å²) >= 11 is 0. The minimum Gasteiger partial charge on any atom is -0.354 e. The van der Waals surface area contributed by atoms with Crippen LogP contribution in [-0.2, 0) is 9.84 Å². The van der Waals surface area contributed by atoms with Gasteiger partial charge >= 0.3 is 0 Å². The van der Waals surface area contributed by atoms with E-state index in [1.54, 1.807) is 0 Å². The second-order valence-corrected chi connectivity index (χ2v) is 9.92. The summed E-state index contributed by atoms with van der Waals surface area (Å²) in [5, 5.41) is 3.58. The maximum atomic E-state index is 11.7. The summed E-state index contributed by atoms with van der Waals surface area (Å²) in [6.07, 6.45) is 4.34. The van der Waals surface area contributed by atoms with Gasteiger partial charge in [-0.3, -0.25) is 4.99 Å². The average Bonchev–Trinajstić information content (AvgIpc) is 3.16. The third-order valence-corrected chi connectivity index (χ3v) is 7.33. The number of nitrogens with one attached hydrogen (secondary N) is 1. The van der Waals surface area contributed by atoms with Crippen LogP contribution in [0.3, 0.4) is 0 Å². The molecule has 1 aromatic carbocycles. The van der Waals surface area contributed by atoms with Crippen LogP contribution in [0.15, 0.2) is 35.3 Å². The molecule has 3 aliphatic rings. The Kier molecular flexibility index (Phi) is 4.71. The highest BCUT2D eigenvalue weighted by atomic mass is 32.2. The van der Waals surface area contributed by atoms with Crippen LogP contribution in [-0.4, -0.2) is 56.5 Å². The first-order valence-corrected chi connectivity index (χ1v) is 11.2. The highest BCUT2D eigenvalue weighted by Gasteiger charge is 2.31. The predicted octanol–water partition coefficient (Wildman–Crippen LogP) is 2.02.